The average Bonchev–Trinajstić information content (AvgIpc) is 2.74. The van der Waals surface area contributed by atoms with Gasteiger partial charge >= 0.3 is 0 Å². The van der Waals surface area contributed by atoms with Gasteiger partial charge in [0.1, 0.15) is 22.7 Å². The van der Waals surface area contributed by atoms with Gasteiger partial charge in [-0.2, -0.15) is 0 Å². The predicted molar refractivity (Wildman–Crippen MR) is 86.9 cm³/mol. The van der Waals surface area contributed by atoms with Gasteiger partial charge in [-0.05, 0) is 45.4 Å². The molecule has 0 amide bonds. The second kappa shape index (κ2) is 5.09. The number of aryl methyl sites for hydroxylation is 2. The Kier molecular flexibility index (Phi) is 3.35. The molecule has 0 fully saturated rings. The molecule has 0 bridgehead atoms. The lowest BCUT2D eigenvalue weighted by Gasteiger charge is -2.22. The van der Waals surface area contributed by atoms with E-state index < -0.39 is 0 Å². The molecular weight excluding hydrogens is 276 g/mol. The maximum Gasteiger partial charge on any atom is 0.160 e. The van der Waals surface area contributed by atoms with Crippen LogP contribution in [0.4, 0.5) is 0 Å². The van der Waals surface area contributed by atoms with Gasteiger partial charge in [-0.25, -0.2) is 9.97 Å². The zero-order chi connectivity index (χ0) is 15.9. The highest BCUT2D eigenvalue weighted by Crippen LogP contribution is 2.32. The van der Waals surface area contributed by atoms with Crippen LogP contribution in [0.3, 0.4) is 0 Å². The van der Waals surface area contributed by atoms with Crippen LogP contribution in [0.5, 0.6) is 5.75 Å². The van der Waals surface area contributed by atoms with Crippen molar-refractivity contribution in [2.24, 2.45) is 7.05 Å². The summed E-state index contributed by atoms with van der Waals surface area (Å²) >= 11 is 0. The van der Waals surface area contributed by atoms with Gasteiger partial charge in [0, 0.05) is 19.4 Å². The molecular formula is C17H20N4O. The van der Waals surface area contributed by atoms with Gasteiger partial charge < -0.3 is 9.30 Å². The van der Waals surface area contributed by atoms with Crippen LogP contribution >= 0.6 is 0 Å². The van der Waals surface area contributed by atoms with Crippen LogP contribution in [0, 0.1) is 6.92 Å². The number of pyridine rings is 2. The summed E-state index contributed by atoms with van der Waals surface area (Å²) < 4.78 is 8.01. The van der Waals surface area contributed by atoms with E-state index in [0.29, 0.717) is 0 Å². The van der Waals surface area contributed by atoms with Crippen molar-refractivity contribution in [1.82, 2.24) is 19.5 Å². The Bertz CT molecular complexity index is 830. The van der Waals surface area contributed by atoms with Crippen LogP contribution in [0.1, 0.15) is 26.3 Å². The first kappa shape index (κ1) is 14.5. The minimum Gasteiger partial charge on any atom is -0.486 e. The highest BCUT2D eigenvalue weighted by atomic mass is 16.5. The van der Waals surface area contributed by atoms with Crippen molar-refractivity contribution in [3.05, 3.63) is 36.3 Å². The Balaban J connectivity index is 2.18. The highest BCUT2D eigenvalue weighted by Gasteiger charge is 2.19. The SMILES string of the molecule is Cc1cnc2c(c1)nc(-c1ccncc1OC(C)(C)C)n2C. The first-order valence-corrected chi connectivity index (χ1v) is 7.27. The zero-order valence-electron chi connectivity index (χ0n) is 13.6. The van der Waals surface area contributed by atoms with Gasteiger partial charge in [0.2, 0.25) is 0 Å². The Hall–Kier alpha value is -2.43. The van der Waals surface area contributed by atoms with E-state index >= 15 is 0 Å². The Labute approximate surface area is 130 Å². The molecule has 0 unspecified atom stereocenters. The molecule has 0 aliphatic rings. The lowest BCUT2D eigenvalue weighted by atomic mass is 10.1. The maximum absolute atomic E-state index is 6.03. The first-order chi connectivity index (χ1) is 10.3. The average molecular weight is 296 g/mol. The van der Waals surface area contributed by atoms with Gasteiger partial charge in [0.05, 0.1) is 11.8 Å². The predicted octanol–water partition coefficient (Wildman–Crippen LogP) is 3.52. The number of imidazole rings is 1. The molecule has 0 saturated heterocycles. The molecule has 0 atom stereocenters. The molecule has 5 nitrogen and oxygen atoms in total. The third-order valence-corrected chi connectivity index (χ3v) is 3.29. The summed E-state index contributed by atoms with van der Waals surface area (Å²) in [6.07, 6.45) is 5.34. The van der Waals surface area contributed by atoms with Gasteiger partial charge in [-0.3, -0.25) is 4.98 Å². The minimum atomic E-state index is -0.294. The Morgan fingerprint density at radius 2 is 1.95 bits per heavy atom. The Morgan fingerprint density at radius 3 is 2.68 bits per heavy atom. The number of hydrogen-bond acceptors (Lipinski definition) is 4. The summed E-state index contributed by atoms with van der Waals surface area (Å²) in [6, 6.07) is 3.96. The largest absolute Gasteiger partial charge is 0.486 e. The number of aromatic nitrogens is 4. The van der Waals surface area contributed by atoms with E-state index in [1.54, 1.807) is 12.4 Å². The molecule has 114 valence electrons. The summed E-state index contributed by atoms with van der Waals surface area (Å²) in [6.45, 7) is 8.07. The first-order valence-electron chi connectivity index (χ1n) is 7.27. The number of ether oxygens (including phenoxy) is 1. The lowest BCUT2D eigenvalue weighted by Crippen LogP contribution is -2.23. The van der Waals surface area contributed by atoms with Crippen molar-refractivity contribution >= 4 is 11.2 Å². The molecule has 0 aromatic carbocycles. The van der Waals surface area contributed by atoms with Gasteiger partial charge in [0.15, 0.2) is 5.65 Å². The van der Waals surface area contributed by atoms with E-state index in [9.17, 15) is 0 Å². The third-order valence-electron chi connectivity index (χ3n) is 3.29. The van der Waals surface area contributed by atoms with Crippen molar-refractivity contribution < 1.29 is 4.74 Å². The van der Waals surface area contributed by atoms with E-state index in [2.05, 4.69) is 9.97 Å². The molecule has 0 spiro atoms. The van der Waals surface area contributed by atoms with E-state index in [1.807, 2.05) is 57.6 Å². The van der Waals surface area contributed by atoms with Crippen LogP contribution in [-0.2, 0) is 7.05 Å². The molecule has 22 heavy (non-hydrogen) atoms. The fraction of sp³-hybridized carbons (Fsp3) is 0.353. The summed E-state index contributed by atoms with van der Waals surface area (Å²) in [5, 5.41) is 0. The molecule has 3 heterocycles. The van der Waals surface area contributed by atoms with Crippen LogP contribution < -0.4 is 4.74 Å². The second-order valence-electron chi connectivity index (χ2n) is 6.44. The summed E-state index contributed by atoms with van der Waals surface area (Å²) in [5.74, 6) is 1.56. The van der Waals surface area contributed by atoms with Gasteiger partial charge in [0.25, 0.3) is 0 Å². The smallest absolute Gasteiger partial charge is 0.160 e. The number of fused-ring (bicyclic) bond motifs is 1. The lowest BCUT2D eigenvalue weighted by molar-refractivity contribution is 0.131. The number of hydrogen-bond donors (Lipinski definition) is 0. The van der Waals surface area contributed by atoms with Crippen molar-refractivity contribution in [2.75, 3.05) is 0 Å². The van der Waals surface area contributed by atoms with Crippen molar-refractivity contribution in [3.8, 4) is 17.1 Å². The van der Waals surface area contributed by atoms with Crippen LogP contribution in [0.15, 0.2) is 30.7 Å². The summed E-state index contributed by atoms with van der Waals surface area (Å²) in [5.41, 5.74) is 3.47. The molecule has 3 aromatic heterocycles. The monoisotopic (exact) mass is 296 g/mol. The third kappa shape index (κ3) is 2.66. The topological polar surface area (TPSA) is 52.8 Å². The Morgan fingerprint density at radius 1 is 1.18 bits per heavy atom. The van der Waals surface area contributed by atoms with E-state index in [4.69, 9.17) is 9.72 Å². The standard InChI is InChI=1S/C17H20N4O/c1-11-8-13-16(19-9-11)21(5)15(20-13)12-6-7-18-10-14(12)22-17(2,3)4/h6-10H,1-5H3. The van der Waals surface area contributed by atoms with Crippen LogP contribution in [-0.4, -0.2) is 25.1 Å². The number of rotatable bonds is 2. The zero-order valence-corrected chi connectivity index (χ0v) is 13.6. The quantitative estimate of drug-likeness (QED) is 0.726. The molecule has 0 aliphatic heterocycles. The van der Waals surface area contributed by atoms with Crippen molar-refractivity contribution in [1.29, 1.82) is 0 Å². The van der Waals surface area contributed by atoms with E-state index in [-0.39, 0.29) is 5.60 Å². The normalized spacial score (nSPS) is 11.9. The highest BCUT2D eigenvalue weighted by molar-refractivity contribution is 5.79. The maximum atomic E-state index is 6.03. The van der Waals surface area contributed by atoms with E-state index in [0.717, 1.165) is 33.9 Å². The second-order valence-corrected chi connectivity index (χ2v) is 6.44. The fourth-order valence-electron chi connectivity index (χ4n) is 2.39. The molecule has 3 aromatic rings. The van der Waals surface area contributed by atoms with Crippen LogP contribution in [0.2, 0.25) is 0 Å². The number of nitrogens with zero attached hydrogens (tertiary/aromatic N) is 4. The van der Waals surface area contributed by atoms with Crippen LogP contribution in [0.25, 0.3) is 22.6 Å². The molecule has 0 radical (unpaired) electrons. The van der Waals surface area contributed by atoms with Gasteiger partial charge in [-0.15, -0.1) is 0 Å². The van der Waals surface area contributed by atoms with E-state index in [1.165, 1.54) is 0 Å². The molecule has 3 rings (SSSR count). The van der Waals surface area contributed by atoms with Crippen molar-refractivity contribution in [3.63, 3.8) is 0 Å². The molecule has 5 heteroatoms. The summed E-state index contributed by atoms with van der Waals surface area (Å²) in [4.78, 5) is 13.4. The fourth-order valence-corrected chi connectivity index (χ4v) is 2.39. The molecule has 0 saturated carbocycles. The summed E-state index contributed by atoms with van der Waals surface area (Å²) in [7, 11) is 1.97. The van der Waals surface area contributed by atoms with Crippen molar-refractivity contribution in [2.45, 2.75) is 33.3 Å². The van der Waals surface area contributed by atoms with Gasteiger partial charge in [-0.1, -0.05) is 0 Å². The minimum absolute atomic E-state index is 0.294. The molecule has 0 aliphatic carbocycles. The molecule has 0 N–H and O–H groups in total.